The lowest BCUT2D eigenvalue weighted by atomic mass is 10.2. The van der Waals surface area contributed by atoms with Crippen LogP contribution >= 0.6 is 11.3 Å². The van der Waals surface area contributed by atoms with Crippen molar-refractivity contribution in [2.75, 3.05) is 20.3 Å². The van der Waals surface area contributed by atoms with Crippen molar-refractivity contribution in [1.29, 1.82) is 0 Å². The van der Waals surface area contributed by atoms with Crippen LogP contribution in [0.5, 0.6) is 11.5 Å². The summed E-state index contributed by atoms with van der Waals surface area (Å²) in [5.41, 5.74) is 1.60. The first kappa shape index (κ1) is 24.2. The van der Waals surface area contributed by atoms with Gasteiger partial charge in [0, 0.05) is 30.8 Å². The van der Waals surface area contributed by atoms with Gasteiger partial charge in [0.2, 0.25) is 5.91 Å². The molecule has 0 aliphatic rings. The van der Waals surface area contributed by atoms with E-state index in [0.717, 1.165) is 16.0 Å². The van der Waals surface area contributed by atoms with Crippen LogP contribution in [0.25, 0.3) is 10.2 Å². The lowest BCUT2D eigenvalue weighted by Crippen LogP contribution is -2.28. The number of aromatic nitrogens is 2. The fourth-order valence-electron chi connectivity index (χ4n) is 3.27. The second-order valence-electron chi connectivity index (χ2n) is 7.48. The van der Waals surface area contributed by atoms with E-state index < -0.39 is 0 Å². The number of carbonyl (C=O) groups excluding carboxylic acids is 2. The van der Waals surface area contributed by atoms with Crippen molar-refractivity contribution in [1.82, 2.24) is 20.6 Å². The number of aryl methyl sites for hydroxylation is 3. The van der Waals surface area contributed by atoms with Crippen molar-refractivity contribution in [2.45, 2.75) is 40.2 Å². The molecule has 3 aromatic rings. The number of carbonyl (C=O) groups is 2. The molecule has 0 saturated carbocycles. The van der Waals surface area contributed by atoms with Crippen LogP contribution in [0, 0.1) is 13.8 Å². The summed E-state index contributed by atoms with van der Waals surface area (Å²) in [5.74, 6) is 1.05. The summed E-state index contributed by atoms with van der Waals surface area (Å²) < 4.78 is 10.8. The van der Waals surface area contributed by atoms with E-state index >= 15 is 0 Å². The third-order valence-electron chi connectivity index (χ3n) is 5.13. The molecule has 10 heteroatoms. The van der Waals surface area contributed by atoms with Gasteiger partial charge in [-0.1, -0.05) is 6.07 Å². The normalized spacial score (nSPS) is 10.8. The number of methoxy groups -OCH3 is 1. The fourth-order valence-corrected chi connectivity index (χ4v) is 4.32. The van der Waals surface area contributed by atoms with Gasteiger partial charge in [0.25, 0.3) is 11.5 Å². The van der Waals surface area contributed by atoms with Crippen molar-refractivity contribution in [2.24, 2.45) is 0 Å². The van der Waals surface area contributed by atoms with Crippen molar-refractivity contribution in [3.63, 3.8) is 0 Å². The zero-order valence-corrected chi connectivity index (χ0v) is 20.0. The minimum atomic E-state index is -0.213. The van der Waals surface area contributed by atoms with Crippen LogP contribution in [-0.4, -0.2) is 42.0 Å². The Morgan fingerprint density at radius 2 is 1.94 bits per heavy atom. The zero-order valence-electron chi connectivity index (χ0n) is 19.2. The van der Waals surface area contributed by atoms with Crippen molar-refractivity contribution in [3.05, 3.63) is 50.4 Å². The largest absolute Gasteiger partial charge is 0.493 e. The molecule has 2 aromatic heterocycles. The lowest BCUT2D eigenvalue weighted by Gasteiger charge is -2.12. The Balaban J connectivity index is 1.54. The number of thiophene rings is 1. The van der Waals surface area contributed by atoms with Crippen molar-refractivity contribution < 1.29 is 19.1 Å². The van der Waals surface area contributed by atoms with Crippen LogP contribution < -0.4 is 25.7 Å². The third-order valence-corrected chi connectivity index (χ3v) is 6.23. The van der Waals surface area contributed by atoms with E-state index in [9.17, 15) is 14.4 Å². The highest BCUT2D eigenvalue weighted by Crippen LogP contribution is 2.28. The molecule has 0 aliphatic heterocycles. The molecule has 0 atom stereocenters. The highest BCUT2D eigenvalue weighted by Gasteiger charge is 2.13. The number of rotatable bonds is 10. The number of hydrogen-bond donors (Lipinski definition) is 3. The summed E-state index contributed by atoms with van der Waals surface area (Å²) in [4.78, 5) is 45.3. The molecule has 9 nitrogen and oxygen atoms in total. The van der Waals surface area contributed by atoms with Crippen LogP contribution in [0.15, 0.2) is 23.0 Å². The second kappa shape index (κ2) is 11.0. The highest BCUT2D eigenvalue weighted by molar-refractivity contribution is 7.18. The molecule has 0 bridgehead atoms. The van der Waals surface area contributed by atoms with Gasteiger partial charge in [-0.2, -0.15) is 0 Å². The summed E-state index contributed by atoms with van der Waals surface area (Å²) in [6.07, 6.45) is 0.533. The number of nitrogens with one attached hydrogen (secondary N) is 3. The van der Waals surface area contributed by atoms with Gasteiger partial charge in [-0.25, -0.2) is 4.98 Å². The minimum absolute atomic E-state index is 0.104. The molecule has 3 N–H and O–H groups in total. The van der Waals surface area contributed by atoms with Crippen LogP contribution in [-0.2, 0) is 22.6 Å². The molecule has 3 rings (SSSR count). The van der Waals surface area contributed by atoms with E-state index in [-0.39, 0.29) is 30.4 Å². The number of likely N-dealkylation sites (N-methyl/N-ethyl adjacent to an activating group) is 1. The van der Waals surface area contributed by atoms with Gasteiger partial charge in [0.15, 0.2) is 18.1 Å². The number of benzene rings is 1. The minimum Gasteiger partial charge on any atom is -0.493 e. The van der Waals surface area contributed by atoms with Gasteiger partial charge >= 0.3 is 0 Å². The molecule has 0 unspecified atom stereocenters. The standard InChI is InChI=1S/C23H28N4O5S/c1-5-24-20(29)12-32-16-7-6-15(10-17(16)31-4)11-25-19(28)9-8-18-26-22(30)21-13(2)14(3)33-23(21)27-18/h6-7,10H,5,8-9,11-12H2,1-4H3,(H,24,29)(H,25,28)(H,26,27,30). The smallest absolute Gasteiger partial charge is 0.259 e. The van der Waals surface area contributed by atoms with Crippen LogP contribution in [0.3, 0.4) is 0 Å². The van der Waals surface area contributed by atoms with E-state index in [2.05, 4.69) is 20.6 Å². The molecular weight excluding hydrogens is 444 g/mol. The number of amides is 2. The number of aromatic amines is 1. The fraction of sp³-hybridized carbons (Fsp3) is 0.391. The average Bonchev–Trinajstić information content (AvgIpc) is 3.08. The molecule has 33 heavy (non-hydrogen) atoms. The maximum absolute atomic E-state index is 12.4. The summed E-state index contributed by atoms with van der Waals surface area (Å²) in [6.45, 7) is 6.44. The molecule has 1 aromatic carbocycles. The molecular formula is C23H28N4O5S. The van der Waals surface area contributed by atoms with E-state index in [1.165, 1.54) is 18.4 Å². The molecule has 0 aliphatic carbocycles. The monoisotopic (exact) mass is 472 g/mol. The van der Waals surface area contributed by atoms with Crippen molar-refractivity contribution in [3.8, 4) is 11.5 Å². The molecule has 0 spiro atoms. The van der Waals surface area contributed by atoms with E-state index in [4.69, 9.17) is 9.47 Å². The molecule has 176 valence electrons. The second-order valence-corrected chi connectivity index (χ2v) is 8.68. The summed E-state index contributed by atoms with van der Waals surface area (Å²) >= 11 is 1.48. The maximum atomic E-state index is 12.4. The molecule has 0 radical (unpaired) electrons. The first-order valence-corrected chi connectivity index (χ1v) is 11.5. The van der Waals surface area contributed by atoms with Crippen LogP contribution in [0.1, 0.15) is 35.2 Å². The van der Waals surface area contributed by atoms with E-state index in [0.29, 0.717) is 47.1 Å². The van der Waals surface area contributed by atoms with Gasteiger partial charge in [0.1, 0.15) is 10.7 Å². The topological polar surface area (TPSA) is 122 Å². The Bertz CT molecular complexity index is 1220. The highest BCUT2D eigenvalue weighted by atomic mass is 32.1. The van der Waals surface area contributed by atoms with Crippen LogP contribution in [0.4, 0.5) is 0 Å². The Labute approximate surface area is 195 Å². The van der Waals surface area contributed by atoms with E-state index in [1.807, 2.05) is 20.8 Å². The predicted octanol–water partition coefficient (Wildman–Crippen LogP) is 2.37. The van der Waals surface area contributed by atoms with Crippen molar-refractivity contribution >= 4 is 33.4 Å². The number of ether oxygens (including phenoxy) is 2. The SMILES string of the molecule is CCNC(=O)COc1ccc(CNC(=O)CCc2nc3sc(C)c(C)c3c(=O)[nH]2)cc1OC. The van der Waals surface area contributed by atoms with Gasteiger partial charge in [-0.15, -0.1) is 11.3 Å². The Morgan fingerprint density at radius 1 is 1.15 bits per heavy atom. The zero-order chi connectivity index (χ0) is 24.0. The van der Waals surface area contributed by atoms with Gasteiger partial charge in [0.05, 0.1) is 12.5 Å². The quantitative estimate of drug-likeness (QED) is 0.416. The Morgan fingerprint density at radius 3 is 2.67 bits per heavy atom. The first-order valence-electron chi connectivity index (χ1n) is 10.6. The van der Waals surface area contributed by atoms with Gasteiger partial charge in [-0.05, 0) is 44.0 Å². The number of fused-ring (bicyclic) bond motifs is 1. The summed E-state index contributed by atoms with van der Waals surface area (Å²) in [5, 5.41) is 6.14. The summed E-state index contributed by atoms with van der Waals surface area (Å²) in [7, 11) is 1.51. The average molecular weight is 473 g/mol. The summed E-state index contributed by atoms with van der Waals surface area (Å²) in [6, 6.07) is 5.25. The lowest BCUT2D eigenvalue weighted by molar-refractivity contribution is -0.123. The molecule has 2 amide bonds. The van der Waals surface area contributed by atoms with Gasteiger partial charge in [-0.3, -0.25) is 14.4 Å². The third kappa shape index (κ3) is 6.10. The number of H-pyrrole nitrogens is 1. The Hall–Kier alpha value is -3.40. The molecule has 0 saturated heterocycles. The number of nitrogens with zero attached hydrogens (tertiary/aromatic N) is 1. The van der Waals surface area contributed by atoms with Crippen LogP contribution in [0.2, 0.25) is 0 Å². The maximum Gasteiger partial charge on any atom is 0.259 e. The Kier molecular flexibility index (Phi) is 8.05. The molecule has 2 heterocycles. The first-order chi connectivity index (χ1) is 15.8. The predicted molar refractivity (Wildman–Crippen MR) is 127 cm³/mol. The number of hydrogen-bond acceptors (Lipinski definition) is 7. The van der Waals surface area contributed by atoms with Gasteiger partial charge < -0.3 is 25.1 Å². The molecule has 0 fully saturated rings. The van der Waals surface area contributed by atoms with E-state index in [1.54, 1.807) is 18.2 Å².